The van der Waals surface area contributed by atoms with E-state index in [2.05, 4.69) is 35.8 Å². The average molecular weight is 317 g/mol. The third-order valence-electron chi connectivity index (χ3n) is 3.56. The van der Waals surface area contributed by atoms with Gasteiger partial charge >= 0.3 is 0 Å². The molecule has 0 unspecified atom stereocenters. The molecule has 0 amide bonds. The lowest BCUT2D eigenvalue weighted by Gasteiger charge is -2.22. The van der Waals surface area contributed by atoms with Gasteiger partial charge in [-0.2, -0.15) is 14.6 Å². The number of hydrogen-bond acceptors (Lipinski definition) is 3. The zero-order chi connectivity index (χ0) is 15.9. The number of benzene rings is 1. The Labute approximate surface area is 133 Å². The van der Waals surface area contributed by atoms with Crippen molar-refractivity contribution in [3.63, 3.8) is 0 Å². The summed E-state index contributed by atoms with van der Waals surface area (Å²) in [5, 5.41) is 4.66. The number of nitrogens with one attached hydrogen (secondary N) is 1. The summed E-state index contributed by atoms with van der Waals surface area (Å²) in [6.45, 7) is 6.19. The van der Waals surface area contributed by atoms with E-state index < -0.39 is 0 Å². The second-order valence-electron chi connectivity index (χ2n) is 6.34. The maximum atomic E-state index is 12.8. The van der Waals surface area contributed by atoms with Crippen LogP contribution in [0.2, 0.25) is 5.02 Å². The molecule has 0 fully saturated rings. The fraction of sp³-hybridized carbons (Fsp3) is 0.312. The van der Waals surface area contributed by atoms with Gasteiger partial charge in [-0.3, -0.25) is 4.79 Å². The summed E-state index contributed by atoms with van der Waals surface area (Å²) in [7, 11) is 0. The van der Waals surface area contributed by atoms with Gasteiger partial charge in [0.05, 0.1) is 0 Å². The number of H-pyrrole nitrogens is 1. The maximum Gasteiger partial charge on any atom is 0.279 e. The minimum atomic E-state index is -0.208. The van der Waals surface area contributed by atoms with E-state index in [4.69, 9.17) is 11.6 Å². The molecular formula is C16H17ClN4O. The van der Waals surface area contributed by atoms with Crippen LogP contribution in [0.1, 0.15) is 37.6 Å². The highest BCUT2D eigenvalue weighted by atomic mass is 35.5. The standard InChI is InChI=1S/C16H17ClN4O/c1-16(2,3)13-12(8-10-5-4-6-11(17)7-10)14(22)21-15(20-13)18-9-19-21/h4-7,9H,8H2,1-3H3,(H,18,19,20). The summed E-state index contributed by atoms with van der Waals surface area (Å²) >= 11 is 6.04. The smallest absolute Gasteiger partial charge is 0.279 e. The van der Waals surface area contributed by atoms with Gasteiger partial charge in [-0.1, -0.05) is 44.5 Å². The second-order valence-corrected chi connectivity index (χ2v) is 6.77. The van der Waals surface area contributed by atoms with Crippen LogP contribution in [0.15, 0.2) is 35.4 Å². The number of aromatic amines is 1. The molecule has 0 radical (unpaired) electrons. The van der Waals surface area contributed by atoms with Crippen LogP contribution in [0, 0.1) is 0 Å². The number of rotatable bonds is 2. The Morgan fingerprint density at radius 1 is 1.32 bits per heavy atom. The van der Waals surface area contributed by atoms with Gasteiger partial charge in [-0.05, 0) is 17.7 Å². The van der Waals surface area contributed by atoms with E-state index in [1.165, 1.54) is 10.8 Å². The van der Waals surface area contributed by atoms with Gasteiger partial charge in [0, 0.05) is 28.1 Å². The lowest BCUT2D eigenvalue weighted by molar-refractivity contribution is 0.558. The number of nitrogens with zero attached hydrogens (tertiary/aromatic N) is 3. The Hall–Kier alpha value is -2.14. The predicted molar refractivity (Wildman–Crippen MR) is 86.6 cm³/mol. The normalized spacial score (nSPS) is 12.0. The van der Waals surface area contributed by atoms with E-state index in [-0.39, 0.29) is 11.0 Å². The van der Waals surface area contributed by atoms with Crippen LogP contribution in [0.4, 0.5) is 0 Å². The van der Waals surface area contributed by atoms with Crippen molar-refractivity contribution in [3.05, 3.63) is 62.8 Å². The first-order valence-electron chi connectivity index (χ1n) is 7.06. The fourth-order valence-corrected chi connectivity index (χ4v) is 2.77. The molecular weight excluding hydrogens is 300 g/mol. The molecule has 114 valence electrons. The molecule has 1 N–H and O–H groups in total. The van der Waals surface area contributed by atoms with Crippen LogP contribution in [0.5, 0.6) is 0 Å². The third-order valence-corrected chi connectivity index (χ3v) is 3.79. The van der Waals surface area contributed by atoms with Gasteiger partial charge in [0.2, 0.25) is 5.78 Å². The molecule has 0 spiro atoms. The first kappa shape index (κ1) is 14.8. The van der Waals surface area contributed by atoms with E-state index in [1.807, 2.05) is 24.3 Å². The summed E-state index contributed by atoms with van der Waals surface area (Å²) in [5.41, 5.74) is 2.20. The van der Waals surface area contributed by atoms with E-state index in [1.54, 1.807) is 0 Å². The Balaban J connectivity index is 2.22. The molecule has 0 bridgehead atoms. The average Bonchev–Trinajstić information content (AvgIpc) is 2.89. The van der Waals surface area contributed by atoms with Gasteiger partial charge in [0.1, 0.15) is 6.33 Å². The Bertz CT molecular complexity index is 889. The largest absolute Gasteiger partial charge is 0.327 e. The number of fused-ring (bicyclic) bond motifs is 1. The van der Waals surface area contributed by atoms with Crippen LogP contribution in [-0.4, -0.2) is 19.6 Å². The zero-order valence-corrected chi connectivity index (χ0v) is 13.5. The van der Waals surface area contributed by atoms with Crippen molar-refractivity contribution in [1.82, 2.24) is 19.6 Å². The molecule has 0 saturated carbocycles. The highest BCUT2D eigenvalue weighted by molar-refractivity contribution is 6.30. The van der Waals surface area contributed by atoms with Crippen LogP contribution < -0.4 is 5.56 Å². The quantitative estimate of drug-likeness (QED) is 0.790. The van der Waals surface area contributed by atoms with E-state index >= 15 is 0 Å². The molecule has 0 aliphatic heterocycles. The van der Waals surface area contributed by atoms with Crippen molar-refractivity contribution in [2.75, 3.05) is 0 Å². The molecule has 0 saturated heterocycles. The Morgan fingerprint density at radius 3 is 2.77 bits per heavy atom. The lowest BCUT2D eigenvalue weighted by Crippen LogP contribution is -2.28. The minimum Gasteiger partial charge on any atom is -0.327 e. The number of aromatic nitrogens is 4. The molecule has 1 aromatic carbocycles. The minimum absolute atomic E-state index is 0.142. The third kappa shape index (κ3) is 2.64. The fourth-order valence-electron chi connectivity index (χ4n) is 2.55. The molecule has 5 nitrogen and oxygen atoms in total. The van der Waals surface area contributed by atoms with Crippen LogP contribution in [0.25, 0.3) is 5.78 Å². The predicted octanol–water partition coefficient (Wildman–Crippen LogP) is 2.96. The van der Waals surface area contributed by atoms with Gasteiger partial charge in [-0.15, -0.1) is 0 Å². The SMILES string of the molecule is CC(C)(C)c1[nH]c2ncnn2c(=O)c1Cc1cccc(Cl)c1. The summed E-state index contributed by atoms with van der Waals surface area (Å²) < 4.78 is 1.30. The number of halogens is 1. The van der Waals surface area contributed by atoms with Crippen molar-refractivity contribution >= 4 is 17.4 Å². The number of hydrogen-bond donors (Lipinski definition) is 1. The van der Waals surface area contributed by atoms with Crippen LogP contribution >= 0.6 is 11.6 Å². The van der Waals surface area contributed by atoms with Crippen molar-refractivity contribution < 1.29 is 0 Å². The highest BCUT2D eigenvalue weighted by Gasteiger charge is 2.23. The van der Waals surface area contributed by atoms with Crippen LogP contribution in [-0.2, 0) is 11.8 Å². The van der Waals surface area contributed by atoms with E-state index in [0.717, 1.165) is 11.3 Å². The van der Waals surface area contributed by atoms with Crippen molar-refractivity contribution in [1.29, 1.82) is 0 Å². The molecule has 0 atom stereocenters. The molecule has 2 heterocycles. The van der Waals surface area contributed by atoms with Crippen molar-refractivity contribution in [2.24, 2.45) is 0 Å². The molecule has 3 aromatic rings. The molecule has 22 heavy (non-hydrogen) atoms. The molecule has 0 aliphatic carbocycles. The summed E-state index contributed by atoms with van der Waals surface area (Å²) in [6, 6.07) is 7.54. The van der Waals surface area contributed by atoms with Crippen molar-refractivity contribution in [2.45, 2.75) is 32.6 Å². The van der Waals surface area contributed by atoms with Gasteiger partial charge in [0.15, 0.2) is 0 Å². The molecule has 2 aromatic heterocycles. The Morgan fingerprint density at radius 2 is 2.09 bits per heavy atom. The molecule has 3 rings (SSSR count). The zero-order valence-electron chi connectivity index (χ0n) is 12.7. The maximum absolute atomic E-state index is 12.8. The first-order chi connectivity index (χ1) is 10.4. The van der Waals surface area contributed by atoms with Crippen LogP contribution in [0.3, 0.4) is 0 Å². The first-order valence-corrected chi connectivity index (χ1v) is 7.44. The van der Waals surface area contributed by atoms with E-state index in [0.29, 0.717) is 22.8 Å². The van der Waals surface area contributed by atoms with Crippen molar-refractivity contribution in [3.8, 4) is 0 Å². The van der Waals surface area contributed by atoms with Gasteiger partial charge < -0.3 is 4.98 Å². The molecule has 0 aliphatic rings. The summed E-state index contributed by atoms with van der Waals surface area (Å²) in [6.07, 6.45) is 1.88. The summed E-state index contributed by atoms with van der Waals surface area (Å²) in [4.78, 5) is 20.1. The lowest BCUT2D eigenvalue weighted by atomic mass is 9.87. The topological polar surface area (TPSA) is 63.1 Å². The highest BCUT2D eigenvalue weighted by Crippen LogP contribution is 2.24. The molecule has 6 heteroatoms. The van der Waals surface area contributed by atoms with Gasteiger partial charge in [0.25, 0.3) is 5.56 Å². The second kappa shape index (κ2) is 5.25. The summed E-state index contributed by atoms with van der Waals surface area (Å²) in [5.74, 6) is 0.463. The van der Waals surface area contributed by atoms with E-state index in [9.17, 15) is 4.79 Å². The Kier molecular flexibility index (Phi) is 3.53. The monoisotopic (exact) mass is 316 g/mol. The van der Waals surface area contributed by atoms with Gasteiger partial charge in [-0.25, -0.2) is 0 Å².